The smallest absolute Gasteiger partial charge is 0.318 e. The van der Waals surface area contributed by atoms with Crippen LogP contribution >= 0.6 is 11.3 Å². The minimum atomic E-state index is -0.404. The molecule has 0 bridgehead atoms. The maximum absolute atomic E-state index is 13.7. The molecule has 3 heterocycles. The molecule has 2 aliphatic rings. The molecule has 3 amide bonds. The molecule has 0 unspecified atom stereocenters. The van der Waals surface area contributed by atoms with Crippen LogP contribution in [0.15, 0.2) is 35.7 Å². The number of amides is 3. The van der Waals surface area contributed by atoms with Gasteiger partial charge in [-0.25, -0.2) is 4.79 Å². The van der Waals surface area contributed by atoms with Crippen molar-refractivity contribution in [3.05, 3.63) is 46.2 Å². The van der Waals surface area contributed by atoms with E-state index in [1.807, 2.05) is 49.9 Å². The summed E-state index contributed by atoms with van der Waals surface area (Å²) in [7, 11) is 1.62. The lowest BCUT2D eigenvalue weighted by Crippen LogP contribution is -2.54. The highest BCUT2D eigenvalue weighted by molar-refractivity contribution is 7.10. The van der Waals surface area contributed by atoms with Crippen molar-refractivity contribution in [2.24, 2.45) is 0 Å². The van der Waals surface area contributed by atoms with Crippen molar-refractivity contribution in [1.82, 2.24) is 15.1 Å². The van der Waals surface area contributed by atoms with Gasteiger partial charge in [0.1, 0.15) is 24.7 Å². The molecule has 0 aliphatic carbocycles. The summed E-state index contributed by atoms with van der Waals surface area (Å²) >= 11 is 1.71. The molecule has 1 saturated heterocycles. The van der Waals surface area contributed by atoms with Gasteiger partial charge in [0, 0.05) is 36.2 Å². The molecule has 36 heavy (non-hydrogen) atoms. The SMILES string of the molecule is COc1cccc(OC[C@H]2c3ccsc3CCN2C(=O)CN(C[C@H]2CCCO2)C(=O)NC(C)(C)C)c1. The molecule has 2 aliphatic heterocycles. The van der Waals surface area contributed by atoms with Crippen LogP contribution in [0.5, 0.6) is 11.5 Å². The van der Waals surface area contributed by atoms with E-state index in [2.05, 4.69) is 16.8 Å². The number of hydrogen-bond donors (Lipinski definition) is 1. The first-order valence-corrected chi connectivity index (χ1v) is 13.4. The van der Waals surface area contributed by atoms with Crippen LogP contribution in [-0.2, 0) is 16.0 Å². The molecule has 1 N–H and O–H groups in total. The second-order valence-electron chi connectivity index (χ2n) is 10.3. The zero-order chi connectivity index (χ0) is 25.7. The number of urea groups is 1. The summed E-state index contributed by atoms with van der Waals surface area (Å²) in [5.74, 6) is 1.32. The molecule has 0 saturated carbocycles. The predicted octanol–water partition coefficient (Wildman–Crippen LogP) is 4.25. The fourth-order valence-electron chi connectivity index (χ4n) is 4.65. The Morgan fingerprint density at radius 2 is 2.06 bits per heavy atom. The first-order valence-electron chi connectivity index (χ1n) is 12.5. The van der Waals surface area contributed by atoms with Crippen LogP contribution in [0.3, 0.4) is 0 Å². The van der Waals surface area contributed by atoms with E-state index in [4.69, 9.17) is 14.2 Å². The standard InChI is InChI=1S/C27H37N3O5S/c1-27(2,3)28-26(32)29(16-21-9-6-13-34-21)17-25(31)30-12-10-24-22(11-14-36-24)23(30)18-35-20-8-5-7-19(15-20)33-4/h5,7-8,11,14-15,21,23H,6,9-10,12-13,16-18H2,1-4H3,(H,28,32)/t21-,23+/m1/s1. The molecule has 1 fully saturated rings. The van der Waals surface area contributed by atoms with Crippen molar-refractivity contribution >= 4 is 23.3 Å². The van der Waals surface area contributed by atoms with Crippen LogP contribution in [0.1, 0.15) is 50.1 Å². The maximum atomic E-state index is 13.7. The van der Waals surface area contributed by atoms with Crippen LogP contribution in [0.25, 0.3) is 0 Å². The van der Waals surface area contributed by atoms with Crippen molar-refractivity contribution in [3.8, 4) is 11.5 Å². The van der Waals surface area contributed by atoms with Gasteiger partial charge in [0.05, 0.1) is 19.3 Å². The highest BCUT2D eigenvalue weighted by Gasteiger charge is 2.35. The molecule has 0 radical (unpaired) electrons. The second-order valence-corrected chi connectivity index (χ2v) is 11.3. The van der Waals surface area contributed by atoms with E-state index in [9.17, 15) is 9.59 Å². The van der Waals surface area contributed by atoms with Crippen LogP contribution in [0.2, 0.25) is 0 Å². The maximum Gasteiger partial charge on any atom is 0.318 e. The Bertz CT molecular complexity index is 1040. The van der Waals surface area contributed by atoms with Crippen molar-refractivity contribution in [2.45, 2.75) is 57.7 Å². The molecule has 2 atom stereocenters. The van der Waals surface area contributed by atoms with Gasteiger partial charge in [-0.3, -0.25) is 4.79 Å². The molecule has 8 nitrogen and oxygen atoms in total. The molecule has 2 aromatic rings. The fraction of sp³-hybridized carbons (Fsp3) is 0.556. The number of benzene rings is 1. The third-order valence-electron chi connectivity index (χ3n) is 6.41. The van der Waals surface area contributed by atoms with Gasteiger partial charge in [-0.1, -0.05) is 6.07 Å². The molecule has 4 rings (SSSR count). The summed E-state index contributed by atoms with van der Waals surface area (Å²) in [6, 6.07) is 9.07. The summed E-state index contributed by atoms with van der Waals surface area (Å²) in [5, 5.41) is 5.07. The van der Waals surface area contributed by atoms with Crippen molar-refractivity contribution < 1.29 is 23.8 Å². The predicted molar refractivity (Wildman–Crippen MR) is 140 cm³/mol. The van der Waals surface area contributed by atoms with Crippen LogP contribution in [-0.4, -0.2) is 73.3 Å². The van der Waals surface area contributed by atoms with E-state index in [1.165, 1.54) is 4.88 Å². The quantitative estimate of drug-likeness (QED) is 0.569. The van der Waals surface area contributed by atoms with Gasteiger partial charge in [0.25, 0.3) is 0 Å². The van der Waals surface area contributed by atoms with Crippen molar-refractivity contribution in [2.75, 3.05) is 40.0 Å². The lowest BCUT2D eigenvalue weighted by atomic mass is 10.0. The van der Waals surface area contributed by atoms with Crippen LogP contribution in [0, 0.1) is 0 Å². The fourth-order valence-corrected chi connectivity index (χ4v) is 5.58. The number of ether oxygens (including phenoxy) is 3. The number of fused-ring (bicyclic) bond motifs is 1. The lowest BCUT2D eigenvalue weighted by Gasteiger charge is -2.37. The summed E-state index contributed by atoms with van der Waals surface area (Å²) < 4.78 is 17.2. The van der Waals surface area contributed by atoms with Gasteiger partial charge >= 0.3 is 6.03 Å². The first kappa shape index (κ1) is 26.3. The molecule has 0 spiro atoms. The third-order valence-corrected chi connectivity index (χ3v) is 7.40. The highest BCUT2D eigenvalue weighted by atomic mass is 32.1. The Labute approximate surface area is 217 Å². The lowest BCUT2D eigenvalue weighted by molar-refractivity contribution is -0.135. The second kappa shape index (κ2) is 11.5. The number of carbonyl (C=O) groups is 2. The zero-order valence-electron chi connectivity index (χ0n) is 21.6. The normalized spacial score (nSPS) is 19.5. The molecular weight excluding hydrogens is 478 g/mol. The van der Waals surface area contributed by atoms with Crippen LogP contribution in [0.4, 0.5) is 4.79 Å². The van der Waals surface area contributed by atoms with Crippen LogP contribution < -0.4 is 14.8 Å². The Morgan fingerprint density at radius 1 is 1.25 bits per heavy atom. The monoisotopic (exact) mass is 515 g/mol. The molecule has 9 heteroatoms. The van der Waals surface area contributed by atoms with Gasteiger partial charge in [-0.2, -0.15) is 0 Å². The summed E-state index contributed by atoms with van der Waals surface area (Å²) in [4.78, 5) is 31.6. The Hall–Kier alpha value is -2.78. The molecule has 196 valence electrons. The average molecular weight is 516 g/mol. The van der Waals surface area contributed by atoms with Gasteiger partial charge in [0.2, 0.25) is 5.91 Å². The molecule has 1 aromatic carbocycles. The number of hydrogen-bond acceptors (Lipinski definition) is 6. The number of nitrogens with one attached hydrogen (secondary N) is 1. The summed E-state index contributed by atoms with van der Waals surface area (Å²) in [6.07, 6.45) is 2.63. The Morgan fingerprint density at radius 3 is 2.78 bits per heavy atom. The number of methoxy groups -OCH3 is 1. The Kier molecular flexibility index (Phi) is 8.41. The largest absolute Gasteiger partial charge is 0.497 e. The summed E-state index contributed by atoms with van der Waals surface area (Å²) in [5.41, 5.74) is 0.714. The number of carbonyl (C=O) groups excluding carboxylic acids is 2. The van der Waals surface area contributed by atoms with Gasteiger partial charge < -0.3 is 29.3 Å². The van der Waals surface area contributed by atoms with E-state index < -0.39 is 5.54 Å². The number of nitrogens with zero attached hydrogens (tertiary/aromatic N) is 2. The topological polar surface area (TPSA) is 80.3 Å². The number of rotatable bonds is 8. The average Bonchev–Trinajstić information content (AvgIpc) is 3.53. The van der Waals surface area contributed by atoms with Gasteiger partial charge in [0.15, 0.2) is 0 Å². The Balaban J connectivity index is 1.50. The van der Waals surface area contributed by atoms with Gasteiger partial charge in [-0.15, -0.1) is 11.3 Å². The van der Waals surface area contributed by atoms with E-state index in [0.717, 1.165) is 30.6 Å². The number of thiophene rings is 1. The summed E-state index contributed by atoms with van der Waals surface area (Å²) in [6.45, 7) is 7.82. The van der Waals surface area contributed by atoms with Crippen molar-refractivity contribution in [3.63, 3.8) is 0 Å². The molecule has 1 aromatic heterocycles. The van der Waals surface area contributed by atoms with E-state index in [1.54, 1.807) is 23.3 Å². The zero-order valence-corrected chi connectivity index (χ0v) is 22.4. The van der Waals surface area contributed by atoms with Crippen molar-refractivity contribution in [1.29, 1.82) is 0 Å². The highest BCUT2D eigenvalue weighted by Crippen LogP contribution is 2.34. The van der Waals surface area contributed by atoms with Gasteiger partial charge in [-0.05, 0) is 69.2 Å². The van der Waals surface area contributed by atoms with E-state index >= 15 is 0 Å². The minimum Gasteiger partial charge on any atom is -0.497 e. The first-order chi connectivity index (χ1) is 17.2. The van der Waals surface area contributed by atoms with E-state index in [-0.39, 0.29) is 30.6 Å². The van der Waals surface area contributed by atoms with E-state index in [0.29, 0.717) is 32.1 Å². The third kappa shape index (κ3) is 6.70. The molecular formula is C27H37N3O5S. The minimum absolute atomic E-state index is 0.00307.